The van der Waals surface area contributed by atoms with Crippen molar-refractivity contribution in [3.63, 3.8) is 0 Å². The molecule has 0 aliphatic rings. The van der Waals surface area contributed by atoms with Crippen molar-refractivity contribution in [2.24, 2.45) is 0 Å². The molecule has 6 nitrogen and oxygen atoms in total. The molecule has 6 heteroatoms. The summed E-state index contributed by atoms with van der Waals surface area (Å²) < 4.78 is 4.17. The van der Waals surface area contributed by atoms with Gasteiger partial charge in [0.25, 0.3) is 0 Å². The number of ether oxygens (including phenoxy) is 1. The monoisotopic (exact) mass is 175 g/mol. The first-order chi connectivity index (χ1) is 5.49. The lowest BCUT2D eigenvalue weighted by Gasteiger charge is -2.08. The molecule has 0 aromatic heterocycles. The molecule has 0 aromatic rings. The smallest absolute Gasteiger partial charge is 0.413 e. The second kappa shape index (κ2) is 4.32. The van der Waals surface area contributed by atoms with Gasteiger partial charge in [-0.05, 0) is 0 Å². The summed E-state index contributed by atoms with van der Waals surface area (Å²) in [6, 6.07) is 0. The Kier molecular flexibility index (Phi) is 3.75. The fourth-order valence-corrected chi connectivity index (χ4v) is 0.421. The van der Waals surface area contributed by atoms with E-state index in [1.54, 1.807) is 0 Å². The lowest BCUT2D eigenvalue weighted by molar-refractivity contribution is -0.145. The number of imide groups is 1. The highest BCUT2D eigenvalue weighted by Gasteiger charge is 2.18. The van der Waals surface area contributed by atoms with Crippen LogP contribution in [0.1, 0.15) is 6.42 Å². The van der Waals surface area contributed by atoms with Crippen LogP contribution in [0.4, 0.5) is 4.79 Å². The highest BCUT2D eigenvalue weighted by Crippen LogP contribution is 1.92. The fraction of sp³-hybridized carbons (Fsp3) is 0.500. The Bertz CT molecular complexity index is 212. The minimum absolute atomic E-state index is 0.428. The third kappa shape index (κ3) is 3.00. The van der Waals surface area contributed by atoms with Crippen LogP contribution in [0.2, 0.25) is 0 Å². The van der Waals surface area contributed by atoms with Crippen LogP contribution in [0, 0.1) is 0 Å². The zero-order valence-corrected chi connectivity index (χ0v) is 6.73. The summed E-state index contributed by atoms with van der Waals surface area (Å²) in [7, 11) is 2.18. The van der Waals surface area contributed by atoms with Crippen LogP contribution in [0.5, 0.6) is 0 Å². The number of nitrogens with zero attached hydrogens (tertiary/aromatic N) is 1. The second-order valence-corrected chi connectivity index (χ2v) is 1.99. The van der Waals surface area contributed by atoms with E-state index in [4.69, 9.17) is 5.11 Å². The maximum atomic E-state index is 10.8. The molecule has 0 aliphatic heterocycles. The minimum Gasteiger partial charge on any atom is -0.469 e. The molecule has 0 bridgehead atoms. The normalized spacial score (nSPS) is 8.83. The van der Waals surface area contributed by atoms with E-state index in [1.807, 2.05) is 0 Å². The van der Waals surface area contributed by atoms with Crippen molar-refractivity contribution < 1.29 is 24.2 Å². The average Bonchev–Trinajstić information content (AvgIpc) is 2.02. The van der Waals surface area contributed by atoms with Crippen molar-refractivity contribution >= 4 is 18.0 Å². The summed E-state index contributed by atoms with van der Waals surface area (Å²) in [4.78, 5) is 31.9. The van der Waals surface area contributed by atoms with Crippen LogP contribution in [-0.4, -0.2) is 42.1 Å². The topological polar surface area (TPSA) is 83.9 Å². The molecule has 0 fully saturated rings. The lowest BCUT2D eigenvalue weighted by Crippen LogP contribution is -2.33. The number of carboxylic acid groups (broad SMARTS) is 1. The second-order valence-electron chi connectivity index (χ2n) is 1.99. The molecular formula is C6H9NO5. The Labute approximate surface area is 68.7 Å². The van der Waals surface area contributed by atoms with Crippen molar-refractivity contribution in [1.29, 1.82) is 0 Å². The first kappa shape index (κ1) is 10.4. The quantitative estimate of drug-likeness (QED) is 0.459. The van der Waals surface area contributed by atoms with Gasteiger partial charge in [0.2, 0.25) is 5.91 Å². The van der Waals surface area contributed by atoms with Gasteiger partial charge in [0, 0.05) is 7.05 Å². The lowest BCUT2D eigenvalue weighted by atomic mass is 10.4. The van der Waals surface area contributed by atoms with E-state index < -0.39 is 24.4 Å². The van der Waals surface area contributed by atoms with Gasteiger partial charge in [0.15, 0.2) is 0 Å². The van der Waals surface area contributed by atoms with E-state index >= 15 is 0 Å². The Morgan fingerprint density at radius 1 is 1.42 bits per heavy atom. The number of carbonyl (C=O) groups excluding carboxylic acids is 2. The predicted octanol–water partition coefficient (Wildman–Crippen LogP) is -0.314. The van der Waals surface area contributed by atoms with Crippen molar-refractivity contribution in [1.82, 2.24) is 4.90 Å². The zero-order valence-electron chi connectivity index (χ0n) is 6.73. The van der Waals surface area contributed by atoms with E-state index in [0.29, 0.717) is 4.90 Å². The SMILES string of the molecule is COC(=O)CC(=O)N(C)C(=O)O. The molecule has 0 saturated heterocycles. The molecule has 0 radical (unpaired) electrons. The van der Waals surface area contributed by atoms with Crippen molar-refractivity contribution in [2.45, 2.75) is 6.42 Å². The van der Waals surface area contributed by atoms with Gasteiger partial charge in [0.1, 0.15) is 6.42 Å². The van der Waals surface area contributed by atoms with Crippen LogP contribution in [0.15, 0.2) is 0 Å². The molecule has 0 rings (SSSR count). The van der Waals surface area contributed by atoms with E-state index in [-0.39, 0.29) is 0 Å². The van der Waals surface area contributed by atoms with Crippen molar-refractivity contribution in [3.05, 3.63) is 0 Å². The molecule has 68 valence electrons. The van der Waals surface area contributed by atoms with Crippen LogP contribution >= 0.6 is 0 Å². The highest BCUT2D eigenvalue weighted by molar-refractivity contribution is 6.00. The number of rotatable bonds is 2. The van der Waals surface area contributed by atoms with Gasteiger partial charge in [-0.25, -0.2) is 4.79 Å². The fourth-order valence-electron chi connectivity index (χ4n) is 0.421. The summed E-state index contributed by atoms with van der Waals surface area (Å²) in [5.41, 5.74) is 0. The van der Waals surface area contributed by atoms with Gasteiger partial charge in [0.05, 0.1) is 7.11 Å². The predicted molar refractivity (Wildman–Crippen MR) is 37.4 cm³/mol. The van der Waals surface area contributed by atoms with Gasteiger partial charge >= 0.3 is 12.1 Å². The molecule has 0 aromatic carbocycles. The van der Waals surface area contributed by atoms with E-state index in [0.717, 1.165) is 14.2 Å². The van der Waals surface area contributed by atoms with Gasteiger partial charge in [-0.2, -0.15) is 0 Å². The third-order valence-electron chi connectivity index (χ3n) is 1.18. The number of amides is 2. The Hall–Kier alpha value is -1.59. The summed E-state index contributed by atoms with van der Waals surface area (Å²) >= 11 is 0. The van der Waals surface area contributed by atoms with Crippen LogP contribution in [0.25, 0.3) is 0 Å². The van der Waals surface area contributed by atoms with Gasteiger partial charge in [-0.1, -0.05) is 0 Å². The number of carbonyl (C=O) groups is 3. The average molecular weight is 175 g/mol. The van der Waals surface area contributed by atoms with Crippen LogP contribution in [-0.2, 0) is 14.3 Å². The molecule has 0 atom stereocenters. The molecule has 0 aliphatic carbocycles. The maximum Gasteiger partial charge on any atom is 0.413 e. The summed E-state index contributed by atoms with van der Waals surface area (Å²) in [6.45, 7) is 0. The van der Waals surface area contributed by atoms with E-state index in [2.05, 4.69) is 4.74 Å². The first-order valence-electron chi connectivity index (χ1n) is 3.05. The summed E-state index contributed by atoms with van der Waals surface area (Å²) in [5.74, 6) is -1.57. The number of methoxy groups -OCH3 is 1. The molecule has 0 unspecified atom stereocenters. The third-order valence-corrected chi connectivity index (χ3v) is 1.18. The Balaban J connectivity index is 4.04. The molecule has 0 heterocycles. The number of esters is 1. The molecule has 0 spiro atoms. The molecule has 12 heavy (non-hydrogen) atoms. The molecule has 2 amide bonds. The van der Waals surface area contributed by atoms with Crippen molar-refractivity contribution in [3.8, 4) is 0 Å². The Morgan fingerprint density at radius 3 is 2.25 bits per heavy atom. The zero-order chi connectivity index (χ0) is 9.72. The molecule has 1 N–H and O–H groups in total. The maximum absolute atomic E-state index is 10.8. The Morgan fingerprint density at radius 2 is 1.92 bits per heavy atom. The molecular weight excluding hydrogens is 166 g/mol. The van der Waals surface area contributed by atoms with E-state index in [9.17, 15) is 14.4 Å². The van der Waals surface area contributed by atoms with Crippen LogP contribution < -0.4 is 0 Å². The van der Waals surface area contributed by atoms with Crippen molar-refractivity contribution in [2.75, 3.05) is 14.2 Å². The van der Waals surface area contributed by atoms with Gasteiger partial charge in [-0.3, -0.25) is 14.5 Å². The van der Waals surface area contributed by atoms with Gasteiger partial charge in [-0.15, -0.1) is 0 Å². The van der Waals surface area contributed by atoms with E-state index in [1.165, 1.54) is 0 Å². The highest BCUT2D eigenvalue weighted by atomic mass is 16.5. The summed E-state index contributed by atoms with van der Waals surface area (Å²) in [5, 5.41) is 8.29. The van der Waals surface area contributed by atoms with Crippen LogP contribution in [0.3, 0.4) is 0 Å². The largest absolute Gasteiger partial charge is 0.469 e. The number of hydrogen-bond acceptors (Lipinski definition) is 4. The van der Waals surface area contributed by atoms with Gasteiger partial charge < -0.3 is 9.84 Å². The number of hydrogen-bond donors (Lipinski definition) is 1. The first-order valence-corrected chi connectivity index (χ1v) is 3.05. The standard InChI is InChI=1S/C6H9NO5/c1-7(6(10)11)4(8)3-5(9)12-2/h3H2,1-2H3,(H,10,11). The minimum atomic E-state index is -1.40. The summed E-state index contributed by atoms with van der Waals surface area (Å²) in [6.07, 6.45) is -1.96. The molecule has 0 saturated carbocycles.